The van der Waals surface area contributed by atoms with Crippen molar-refractivity contribution in [1.82, 2.24) is 0 Å². The van der Waals surface area contributed by atoms with Crippen LogP contribution in [0.2, 0.25) is 0 Å². The molecule has 0 saturated carbocycles. The van der Waals surface area contributed by atoms with E-state index in [9.17, 15) is 9.50 Å². The van der Waals surface area contributed by atoms with E-state index in [2.05, 4.69) is 5.32 Å². The Bertz CT molecular complexity index is 456. The second kappa shape index (κ2) is 8.48. The van der Waals surface area contributed by atoms with Crippen LogP contribution >= 0.6 is 0 Å². The molecular formula is C14H19FN2O3. The first-order valence-electron chi connectivity index (χ1n) is 6.47. The number of benzene rings is 1. The predicted octanol–water partition coefficient (Wildman–Crippen LogP) is 1.87. The van der Waals surface area contributed by atoms with Gasteiger partial charge in [0.25, 0.3) is 0 Å². The Kier molecular flexibility index (Phi) is 6.94. The Morgan fingerprint density at radius 1 is 1.35 bits per heavy atom. The van der Waals surface area contributed by atoms with Crippen LogP contribution in [-0.4, -0.2) is 37.3 Å². The Balaban J connectivity index is 2.57. The predicted molar refractivity (Wildman–Crippen MR) is 72.7 cm³/mol. The molecule has 0 aliphatic rings. The maximum Gasteiger partial charge on any atom is 0.185 e. The van der Waals surface area contributed by atoms with E-state index in [1.54, 1.807) is 12.1 Å². The molecule has 1 rings (SSSR count). The Labute approximate surface area is 117 Å². The fourth-order valence-corrected chi connectivity index (χ4v) is 1.63. The minimum Gasteiger partial charge on any atom is -0.386 e. The summed E-state index contributed by atoms with van der Waals surface area (Å²) in [4.78, 5) is 0. The van der Waals surface area contributed by atoms with Gasteiger partial charge in [0.15, 0.2) is 6.29 Å². The number of ether oxygens (including phenoxy) is 2. The summed E-state index contributed by atoms with van der Waals surface area (Å²) in [5, 5.41) is 21.5. The summed E-state index contributed by atoms with van der Waals surface area (Å²) in [6.07, 6.45) is -1.60. The fraction of sp³-hybridized carbons (Fsp3) is 0.500. The van der Waals surface area contributed by atoms with Crippen molar-refractivity contribution in [2.75, 3.05) is 25.1 Å². The van der Waals surface area contributed by atoms with Gasteiger partial charge in [-0.25, -0.2) is 4.39 Å². The maximum atomic E-state index is 13.4. The van der Waals surface area contributed by atoms with Gasteiger partial charge in [-0.2, -0.15) is 5.26 Å². The third-order valence-electron chi connectivity index (χ3n) is 2.58. The van der Waals surface area contributed by atoms with Crippen molar-refractivity contribution in [2.24, 2.45) is 0 Å². The number of nitrogens with one attached hydrogen (secondary N) is 1. The van der Waals surface area contributed by atoms with E-state index in [1.165, 1.54) is 12.1 Å². The molecule has 20 heavy (non-hydrogen) atoms. The molecular weight excluding hydrogens is 263 g/mol. The SMILES string of the molecule is CCOC(OCC)C(O)CNc1ccc(C#N)c(F)c1. The van der Waals surface area contributed by atoms with Gasteiger partial charge in [0.05, 0.1) is 5.56 Å². The smallest absolute Gasteiger partial charge is 0.185 e. The number of nitrogens with zero attached hydrogens (tertiary/aromatic N) is 1. The summed E-state index contributed by atoms with van der Waals surface area (Å²) in [5.41, 5.74) is 0.463. The molecule has 6 heteroatoms. The zero-order valence-corrected chi connectivity index (χ0v) is 11.6. The number of aliphatic hydroxyl groups is 1. The number of nitriles is 1. The van der Waals surface area contributed by atoms with Gasteiger partial charge >= 0.3 is 0 Å². The second-order valence-corrected chi connectivity index (χ2v) is 4.03. The number of anilines is 1. The van der Waals surface area contributed by atoms with Crippen LogP contribution in [0.5, 0.6) is 0 Å². The highest BCUT2D eigenvalue weighted by Gasteiger charge is 2.19. The van der Waals surface area contributed by atoms with Gasteiger partial charge in [0, 0.05) is 25.4 Å². The van der Waals surface area contributed by atoms with Gasteiger partial charge in [-0.15, -0.1) is 0 Å². The third-order valence-corrected chi connectivity index (χ3v) is 2.58. The average molecular weight is 282 g/mol. The Morgan fingerprint density at radius 3 is 2.50 bits per heavy atom. The first-order valence-corrected chi connectivity index (χ1v) is 6.47. The lowest BCUT2D eigenvalue weighted by Crippen LogP contribution is -2.37. The lowest BCUT2D eigenvalue weighted by atomic mass is 10.2. The standard InChI is InChI=1S/C14H19FN2O3/c1-3-19-14(20-4-2)13(18)9-17-11-6-5-10(8-16)12(15)7-11/h5-7,13-14,17-18H,3-4,9H2,1-2H3. The monoisotopic (exact) mass is 282 g/mol. The number of rotatable bonds is 8. The molecule has 1 aromatic rings. The summed E-state index contributed by atoms with van der Waals surface area (Å²) < 4.78 is 23.9. The molecule has 0 saturated heterocycles. The van der Waals surface area contributed by atoms with Crippen molar-refractivity contribution in [3.63, 3.8) is 0 Å². The summed E-state index contributed by atoms with van der Waals surface area (Å²) in [6.45, 7) is 4.61. The zero-order valence-electron chi connectivity index (χ0n) is 11.6. The molecule has 0 aliphatic heterocycles. The van der Waals surface area contributed by atoms with Crippen molar-refractivity contribution in [2.45, 2.75) is 26.2 Å². The summed E-state index contributed by atoms with van der Waals surface area (Å²) in [6, 6.07) is 5.91. The molecule has 0 aromatic heterocycles. The quantitative estimate of drug-likeness (QED) is 0.712. The summed E-state index contributed by atoms with van der Waals surface area (Å²) in [7, 11) is 0. The van der Waals surface area contributed by atoms with E-state index >= 15 is 0 Å². The van der Waals surface area contributed by atoms with Crippen LogP contribution < -0.4 is 5.32 Å². The number of hydrogen-bond acceptors (Lipinski definition) is 5. The van der Waals surface area contributed by atoms with E-state index in [-0.39, 0.29) is 12.1 Å². The van der Waals surface area contributed by atoms with Crippen molar-refractivity contribution < 1.29 is 19.0 Å². The molecule has 0 amide bonds. The molecule has 0 heterocycles. The zero-order chi connectivity index (χ0) is 15.0. The fourth-order valence-electron chi connectivity index (χ4n) is 1.63. The molecule has 2 N–H and O–H groups in total. The highest BCUT2D eigenvalue weighted by atomic mass is 19.1. The van der Waals surface area contributed by atoms with Crippen LogP contribution in [0, 0.1) is 17.1 Å². The molecule has 0 spiro atoms. The molecule has 1 aromatic carbocycles. The van der Waals surface area contributed by atoms with Crippen molar-refractivity contribution in [3.8, 4) is 6.07 Å². The van der Waals surface area contributed by atoms with Crippen molar-refractivity contribution in [3.05, 3.63) is 29.6 Å². The summed E-state index contributed by atoms with van der Waals surface area (Å²) in [5.74, 6) is -0.599. The first kappa shape index (κ1) is 16.4. The first-order chi connectivity index (χ1) is 9.62. The minimum atomic E-state index is -0.881. The van der Waals surface area contributed by atoms with Gasteiger partial charge in [-0.3, -0.25) is 0 Å². The third kappa shape index (κ3) is 4.78. The largest absolute Gasteiger partial charge is 0.386 e. The topological polar surface area (TPSA) is 74.5 Å². The van der Waals surface area contributed by atoms with Crippen molar-refractivity contribution in [1.29, 1.82) is 5.26 Å². The molecule has 0 aliphatic carbocycles. The lowest BCUT2D eigenvalue weighted by molar-refractivity contribution is -0.185. The maximum absolute atomic E-state index is 13.4. The second-order valence-electron chi connectivity index (χ2n) is 4.03. The molecule has 5 nitrogen and oxygen atoms in total. The van der Waals surface area contributed by atoms with E-state index in [1.807, 2.05) is 13.8 Å². The molecule has 0 fully saturated rings. The van der Waals surface area contributed by atoms with Gasteiger partial charge in [-0.1, -0.05) is 0 Å². The van der Waals surface area contributed by atoms with E-state index in [4.69, 9.17) is 14.7 Å². The number of halogens is 1. The average Bonchev–Trinajstić information content (AvgIpc) is 2.44. The molecule has 0 bridgehead atoms. The van der Waals surface area contributed by atoms with Gasteiger partial charge in [0.1, 0.15) is 18.0 Å². The highest BCUT2D eigenvalue weighted by Crippen LogP contribution is 2.14. The van der Waals surface area contributed by atoms with Crippen LogP contribution in [0.1, 0.15) is 19.4 Å². The normalized spacial score (nSPS) is 12.2. The van der Waals surface area contributed by atoms with Crippen molar-refractivity contribution >= 4 is 5.69 Å². The van der Waals surface area contributed by atoms with Crippen LogP contribution in [0.4, 0.5) is 10.1 Å². The van der Waals surface area contributed by atoms with Gasteiger partial charge in [0.2, 0.25) is 0 Å². The van der Waals surface area contributed by atoms with Crippen LogP contribution in [0.15, 0.2) is 18.2 Å². The molecule has 1 atom stereocenters. The van der Waals surface area contributed by atoms with Gasteiger partial charge < -0.3 is 19.9 Å². The Hall–Kier alpha value is -1.68. The Morgan fingerprint density at radius 2 is 2.00 bits per heavy atom. The lowest BCUT2D eigenvalue weighted by Gasteiger charge is -2.23. The van der Waals surface area contributed by atoms with Gasteiger partial charge in [-0.05, 0) is 32.0 Å². The summed E-state index contributed by atoms with van der Waals surface area (Å²) >= 11 is 0. The van der Waals surface area contributed by atoms with Crippen LogP contribution in [-0.2, 0) is 9.47 Å². The van der Waals surface area contributed by atoms with E-state index < -0.39 is 18.2 Å². The van der Waals surface area contributed by atoms with Crippen LogP contribution in [0.25, 0.3) is 0 Å². The number of aliphatic hydroxyl groups excluding tert-OH is 1. The van der Waals surface area contributed by atoms with E-state index in [0.29, 0.717) is 18.9 Å². The van der Waals surface area contributed by atoms with Crippen LogP contribution in [0.3, 0.4) is 0 Å². The number of hydrogen-bond donors (Lipinski definition) is 2. The van der Waals surface area contributed by atoms with E-state index in [0.717, 1.165) is 0 Å². The minimum absolute atomic E-state index is 0.0161. The highest BCUT2D eigenvalue weighted by molar-refractivity contribution is 5.48. The molecule has 1 unspecified atom stereocenters. The molecule has 0 radical (unpaired) electrons. The molecule has 110 valence electrons.